The van der Waals surface area contributed by atoms with E-state index in [4.69, 9.17) is 4.74 Å². The topological polar surface area (TPSA) is 12.5 Å². The molecule has 2 nitrogen and oxygen atoms in total. The molecule has 0 N–H and O–H groups in total. The van der Waals surface area contributed by atoms with Crippen LogP contribution in [-0.2, 0) is 4.74 Å². The normalized spacial score (nSPS) is 19.5. The van der Waals surface area contributed by atoms with Gasteiger partial charge in [0.15, 0.2) is 0 Å². The quantitative estimate of drug-likeness (QED) is 0.569. The molecule has 1 rings (SSSR count). The molecule has 0 aliphatic carbocycles. The maximum atomic E-state index is 5.06. The number of hydrogen-bond donors (Lipinski definition) is 0. The molecule has 0 spiro atoms. The summed E-state index contributed by atoms with van der Waals surface area (Å²) >= 11 is 0. The molecule has 1 aliphatic rings. The minimum Gasteiger partial charge on any atom is -0.380 e. The van der Waals surface area contributed by atoms with Crippen LogP contribution in [0.2, 0.25) is 0 Å². The Morgan fingerprint density at radius 1 is 1.64 bits per heavy atom. The van der Waals surface area contributed by atoms with E-state index in [0.717, 1.165) is 19.7 Å². The largest absolute Gasteiger partial charge is 0.380 e. The van der Waals surface area contributed by atoms with E-state index in [9.17, 15) is 0 Å². The van der Waals surface area contributed by atoms with Gasteiger partial charge in [-0.1, -0.05) is 6.08 Å². The molecule has 0 radical (unpaired) electrons. The van der Waals surface area contributed by atoms with E-state index in [0.29, 0.717) is 6.04 Å². The Bertz CT molecular complexity index is 152. The van der Waals surface area contributed by atoms with Crippen molar-refractivity contribution in [1.29, 1.82) is 0 Å². The summed E-state index contributed by atoms with van der Waals surface area (Å²) in [7, 11) is 1.75. The van der Waals surface area contributed by atoms with E-state index in [-0.39, 0.29) is 0 Å². The molecule has 1 aliphatic heterocycles. The Morgan fingerprint density at radius 3 is 2.82 bits per heavy atom. The molecule has 0 aromatic heterocycles. The molecule has 11 heavy (non-hydrogen) atoms. The summed E-state index contributed by atoms with van der Waals surface area (Å²) in [6, 6.07) is 0.653. The lowest BCUT2D eigenvalue weighted by atomic mass is 10.3. The smallest absolute Gasteiger partial charge is 0.0685 e. The van der Waals surface area contributed by atoms with Crippen molar-refractivity contribution in [3.05, 3.63) is 11.6 Å². The van der Waals surface area contributed by atoms with E-state index in [1.165, 1.54) is 5.57 Å². The van der Waals surface area contributed by atoms with Gasteiger partial charge >= 0.3 is 0 Å². The van der Waals surface area contributed by atoms with Crippen LogP contribution in [0.25, 0.3) is 0 Å². The fourth-order valence-corrected chi connectivity index (χ4v) is 1.32. The van der Waals surface area contributed by atoms with Gasteiger partial charge < -0.3 is 4.74 Å². The van der Waals surface area contributed by atoms with Crippen molar-refractivity contribution >= 4 is 0 Å². The van der Waals surface area contributed by atoms with Crippen LogP contribution in [0.15, 0.2) is 11.6 Å². The van der Waals surface area contributed by atoms with Crippen LogP contribution in [0.1, 0.15) is 13.8 Å². The highest BCUT2D eigenvalue weighted by Crippen LogP contribution is 2.11. The standard InChI is InChI=1S/C9H17NO/c1-8(2)10-5-4-9(6-10)7-11-3/h4,8H,5-7H2,1-3H3. The summed E-state index contributed by atoms with van der Waals surface area (Å²) in [5, 5.41) is 0. The SMILES string of the molecule is COCC1=CCN(C(C)C)C1. The lowest BCUT2D eigenvalue weighted by Crippen LogP contribution is -2.28. The lowest BCUT2D eigenvalue weighted by molar-refractivity contribution is 0.214. The van der Waals surface area contributed by atoms with Crippen molar-refractivity contribution < 1.29 is 4.74 Å². The van der Waals surface area contributed by atoms with Crippen molar-refractivity contribution in [2.45, 2.75) is 19.9 Å². The van der Waals surface area contributed by atoms with Gasteiger partial charge in [0.2, 0.25) is 0 Å². The average Bonchev–Trinajstić information content (AvgIpc) is 2.37. The number of rotatable bonds is 3. The van der Waals surface area contributed by atoms with Crippen molar-refractivity contribution in [2.24, 2.45) is 0 Å². The zero-order chi connectivity index (χ0) is 8.27. The molecule has 64 valence electrons. The monoisotopic (exact) mass is 155 g/mol. The predicted octanol–water partition coefficient (Wildman–Crippen LogP) is 1.28. The maximum absolute atomic E-state index is 5.06. The molecule has 0 bridgehead atoms. The van der Waals surface area contributed by atoms with Crippen molar-refractivity contribution in [3.63, 3.8) is 0 Å². The molecule has 1 heterocycles. The summed E-state index contributed by atoms with van der Waals surface area (Å²) in [5.41, 5.74) is 1.42. The molecular weight excluding hydrogens is 138 g/mol. The third kappa shape index (κ3) is 2.31. The summed E-state index contributed by atoms with van der Waals surface area (Å²) in [4.78, 5) is 2.42. The number of methoxy groups -OCH3 is 1. The second-order valence-corrected chi connectivity index (χ2v) is 3.32. The molecular formula is C9H17NO. The first-order valence-electron chi connectivity index (χ1n) is 4.15. The van der Waals surface area contributed by atoms with Gasteiger partial charge in [0.1, 0.15) is 0 Å². The number of hydrogen-bond acceptors (Lipinski definition) is 2. The summed E-state index contributed by atoms with van der Waals surface area (Å²) in [5.74, 6) is 0. The van der Waals surface area contributed by atoms with Crippen LogP contribution in [-0.4, -0.2) is 37.7 Å². The van der Waals surface area contributed by atoms with Crippen LogP contribution in [0.5, 0.6) is 0 Å². The molecule has 0 atom stereocenters. The third-order valence-corrected chi connectivity index (χ3v) is 2.08. The van der Waals surface area contributed by atoms with Crippen LogP contribution < -0.4 is 0 Å². The van der Waals surface area contributed by atoms with Gasteiger partial charge in [0.05, 0.1) is 6.61 Å². The van der Waals surface area contributed by atoms with Crippen molar-refractivity contribution in [3.8, 4) is 0 Å². The highest BCUT2D eigenvalue weighted by molar-refractivity contribution is 5.12. The third-order valence-electron chi connectivity index (χ3n) is 2.08. The van der Waals surface area contributed by atoms with E-state index in [1.807, 2.05) is 0 Å². The second kappa shape index (κ2) is 3.88. The first-order chi connectivity index (χ1) is 5.24. The highest BCUT2D eigenvalue weighted by atomic mass is 16.5. The minimum atomic E-state index is 0.653. The van der Waals surface area contributed by atoms with Gasteiger partial charge in [-0.3, -0.25) is 4.90 Å². The van der Waals surface area contributed by atoms with Gasteiger partial charge in [0, 0.05) is 26.2 Å². The summed E-state index contributed by atoms with van der Waals surface area (Å²) in [6.07, 6.45) is 2.27. The molecule has 0 unspecified atom stereocenters. The number of ether oxygens (including phenoxy) is 1. The lowest BCUT2D eigenvalue weighted by Gasteiger charge is -2.19. The minimum absolute atomic E-state index is 0.653. The zero-order valence-corrected chi connectivity index (χ0v) is 7.63. The van der Waals surface area contributed by atoms with Crippen molar-refractivity contribution in [2.75, 3.05) is 26.8 Å². The maximum Gasteiger partial charge on any atom is 0.0685 e. The Labute approximate surface area is 68.8 Å². The molecule has 0 aromatic carbocycles. The molecule has 0 saturated carbocycles. The second-order valence-electron chi connectivity index (χ2n) is 3.32. The van der Waals surface area contributed by atoms with Gasteiger partial charge in [-0.05, 0) is 19.4 Å². The van der Waals surface area contributed by atoms with Gasteiger partial charge in [-0.25, -0.2) is 0 Å². The van der Waals surface area contributed by atoms with Crippen LogP contribution in [0, 0.1) is 0 Å². The zero-order valence-electron chi connectivity index (χ0n) is 7.63. The predicted molar refractivity (Wildman–Crippen MR) is 46.7 cm³/mol. The summed E-state index contributed by atoms with van der Waals surface area (Å²) in [6.45, 7) is 7.43. The Hall–Kier alpha value is -0.340. The number of nitrogens with zero attached hydrogens (tertiary/aromatic N) is 1. The molecule has 2 heteroatoms. The van der Waals surface area contributed by atoms with E-state index >= 15 is 0 Å². The van der Waals surface area contributed by atoms with E-state index in [1.54, 1.807) is 7.11 Å². The highest BCUT2D eigenvalue weighted by Gasteiger charge is 2.15. The first-order valence-corrected chi connectivity index (χ1v) is 4.15. The van der Waals surface area contributed by atoms with Crippen LogP contribution in [0.4, 0.5) is 0 Å². The summed E-state index contributed by atoms with van der Waals surface area (Å²) < 4.78 is 5.06. The van der Waals surface area contributed by atoms with Gasteiger partial charge in [-0.2, -0.15) is 0 Å². The van der Waals surface area contributed by atoms with Crippen LogP contribution in [0.3, 0.4) is 0 Å². The molecule has 0 amide bonds. The van der Waals surface area contributed by atoms with Crippen LogP contribution >= 0.6 is 0 Å². The fourth-order valence-electron chi connectivity index (χ4n) is 1.32. The fraction of sp³-hybridized carbons (Fsp3) is 0.778. The van der Waals surface area contributed by atoms with Gasteiger partial charge in [-0.15, -0.1) is 0 Å². The Morgan fingerprint density at radius 2 is 2.36 bits per heavy atom. The molecule has 0 aromatic rings. The first kappa shape index (κ1) is 8.75. The molecule has 0 fully saturated rings. The Kier molecular flexibility index (Phi) is 3.09. The van der Waals surface area contributed by atoms with E-state index in [2.05, 4.69) is 24.8 Å². The van der Waals surface area contributed by atoms with Crippen molar-refractivity contribution in [1.82, 2.24) is 4.90 Å². The van der Waals surface area contributed by atoms with Gasteiger partial charge in [0.25, 0.3) is 0 Å². The van der Waals surface area contributed by atoms with E-state index < -0.39 is 0 Å². The average molecular weight is 155 g/mol. The molecule has 0 saturated heterocycles. The Balaban J connectivity index is 2.31.